The minimum absolute atomic E-state index is 0.199. The van der Waals surface area contributed by atoms with E-state index in [1.807, 2.05) is 0 Å². The molecule has 0 saturated heterocycles. The molecule has 0 spiro atoms. The Bertz CT molecular complexity index is 546. The van der Waals surface area contributed by atoms with Crippen LogP contribution in [0.1, 0.15) is 0 Å². The van der Waals surface area contributed by atoms with Crippen molar-refractivity contribution in [2.24, 2.45) is 0 Å². The molecule has 8 heteroatoms. The fourth-order valence-corrected chi connectivity index (χ4v) is 1.47. The van der Waals surface area contributed by atoms with E-state index >= 15 is 0 Å². The van der Waals surface area contributed by atoms with Crippen LogP contribution < -0.4 is 0 Å². The Morgan fingerprint density at radius 1 is 1.20 bits per heavy atom. The Kier molecular flexibility index (Phi) is 2.19. The highest BCUT2D eigenvalue weighted by atomic mass is 32.2. The smallest absolute Gasteiger partial charge is 0.226 e. The predicted octanol–water partition coefficient (Wildman–Crippen LogP) is -0.335. The first-order valence-electron chi connectivity index (χ1n) is 3.95. The highest BCUT2D eigenvalue weighted by Gasteiger charge is 2.11. The zero-order chi connectivity index (χ0) is 10.9. The van der Waals surface area contributed by atoms with Gasteiger partial charge in [0.05, 0.1) is 6.20 Å². The zero-order valence-corrected chi connectivity index (χ0v) is 8.56. The van der Waals surface area contributed by atoms with Gasteiger partial charge in [0.1, 0.15) is 5.69 Å². The molecule has 0 saturated carbocycles. The van der Waals surface area contributed by atoms with Gasteiger partial charge in [-0.15, -0.1) is 0 Å². The van der Waals surface area contributed by atoms with Gasteiger partial charge in [0.25, 0.3) is 0 Å². The first kappa shape index (κ1) is 9.71. The van der Waals surface area contributed by atoms with Crippen LogP contribution in [0.4, 0.5) is 0 Å². The van der Waals surface area contributed by atoms with Crippen molar-refractivity contribution in [1.29, 1.82) is 0 Å². The molecule has 0 aliphatic rings. The van der Waals surface area contributed by atoms with Gasteiger partial charge in [0.15, 0.2) is 0 Å². The SMILES string of the molecule is CS(=O)(=O)c1ncc(-c2cn[nH]n2)cn1. The molecule has 2 aromatic rings. The summed E-state index contributed by atoms with van der Waals surface area (Å²) in [6, 6.07) is 0. The Balaban J connectivity index is 2.42. The number of H-pyrrole nitrogens is 1. The van der Waals surface area contributed by atoms with E-state index in [0.29, 0.717) is 11.3 Å². The molecule has 2 rings (SSSR count). The molecule has 78 valence electrons. The number of hydrogen-bond acceptors (Lipinski definition) is 6. The van der Waals surface area contributed by atoms with Crippen LogP contribution >= 0.6 is 0 Å². The van der Waals surface area contributed by atoms with E-state index < -0.39 is 9.84 Å². The molecule has 15 heavy (non-hydrogen) atoms. The summed E-state index contributed by atoms with van der Waals surface area (Å²) in [7, 11) is -3.35. The fraction of sp³-hybridized carbons (Fsp3) is 0.143. The monoisotopic (exact) mass is 225 g/mol. The van der Waals surface area contributed by atoms with Crippen LogP contribution in [0.25, 0.3) is 11.3 Å². The topological polar surface area (TPSA) is 101 Å². The summed E-state index contributed by atoms with van der Waals surface area (Å²) in [5, 5.41) is 9.67. The van der Waals surface area contributed by atoms with Gasteiger partial charge < -0.3 is 0 Å². The van der Waals surface area contributed by atoms with Crippen molar-refractivity contribution < 1.29 is 8.42 Å². The summed E-state index contributed by atoms with van der Waals surface area (Å²) < 4.78 is 22.1. The van der Waals surface area contributed by atoms with Crippen LogP contribution in [-0.2, 0) is 9.84 Å². The van der Waals surface area contributed by atoms with E-state index in [1.54, 1.807) is 0 Å². The van der Waals surface area contributed by atoms with Crippen LogP contribution in [0.15, 0.2) is 23.7 Å². The molecule has 2 heterocycles. The van der Waals surface area contributed by atoms with E-state index in [0.717, 1.165) is 6.26 Å². The maximum atomic E-state index is 11.1. The Hall–Kier alpha value is -1.83. The van der Waals surface area contributed by atoms with Gasteiger partial charge >= 0.3 is 0 Å². The second-order valence-corrected chi connectivity index (χ2v) is 4.79. The molecule has 0 radical (unpaired) electrons. The minimum Gasteiger partial charge on any atom is -0.226 e. The van der Waals surface area contributed by atoms with Crippen molar-refractivity contribution in [2.75, 3.05) is 6.26 Å². The summed E-state index contributed by atoms with van der Waals surface area (Å²) in [5.41, 5.74) is 1.17. The van der Waals surface area contributed by atoms with Crippen molar-refractivity contribution >= 4 is 9.84 Å². The first-order valence-corrected chi connectivity index (χ1v) is 5.85. The molecule has 0 aliphatic carbocycles. The highest BCUT2D eigenvalue weighted by Crippen LogP contribution is 2.13. The second-order valence-electron chi connectivity index (χ2n) is 2.88. The fourth-order valence-electron chi connectivity index (χ4n) is 0.981. The van der Waals surface area contributed by atoms with Gasteiger partial charge in [0, 0.05) is 24.2 Å². The Labute approximate surface area is 85.5 Å². The van der Waals surface area contributed by atoms with Gasteiger partial charge in [-0.25, -0.2) is 18.4 Å². The molecule has 2 aromatic heterocycles. The quantitative estimate of drug-likeness (QED) is 0.702. The van der Waals surface area contributed by atoms with Gasteiger partial charge in [-0.3, -0.25) is 0 Å². The van der Waals surface area contributed by atoms with E-state index in [1.165, 1.54) is 18.6 Å². The molecule has 0 fully saturated rings. The maximum Gasteiger partial charge on any atom is 0.246 e. The van der Waals surface area contributed by atoms with Crippen molar-refractivity contribution in [1.82, 2.24) is 25.4 Å². The molecule has 1 N–H and O–H groups in total. The van der Waals surface area contributed by atoms with Crippen LogP contribution in [-0.4, -0.2) is 40.1 Å². The highest BCUT2D eigenvalue weighted by molar-refractivity contribution is 7.90. The first-order chi connectivity index (χ1) is 7.07. The molecule has 0 aromatic carbocycles. The lowest BCUT2D eigenvalue weighted by molar-refractivity contribution is 0.593. The molecule has 0 unspecified atom stereocenters. The van der Waals surface area contributed by atoms with E-state index in [-0.39, 0.29) is 5.16 Å². The number of nitrogens with one attached hydrogen (secondary N) is 1. The van der Waals surface area contributed by atoms with Gasteiger partial charge in [-0.2, -0.15) is 15.4 Å². The molecule has 0 bridgehead atoms. The van der Waals surface area contributed by atoms with Crippen LogP contribution in [0.5, 0.6) is 0 Å². The van der Waals surface area contributed by atoms with Crippen LogP contribution in [0, 0.1) is 0 Å². The lowest BCUT2D eigenvalue weighted by Gasteiger charge is -1.97. The average molecular weight is 225 g/mol. The third-order valence-corrected chi connectivity index (χ3v) is 2.54. The third-order valence-electron chi connectivity index (χ3n) is 1.67. The molecule has 0 atom stereocenters. The molecule has 7 nitrogen and oxygen atoms in total. The Morgan fingerprint density at radius 2 is 1.87 bits per heavy atom. The summed E-state index contributed by atoms with van der Waals surface area (Å²) in [6.07, 6.45) is 5.33. The normalized spacial score (nSPS) is 11.5. The lowest BCUT2D eigenvalue weighted by Crippen LogP contribution is -2.03. The summed E-state index contributed by atoms with van der Waals surface area (Å²) in [6.45, 7) is 0. The summed E-state index contributed by atoms with van der Waals surface area (Å²) in [4.78, 5) is 7.45. The van der Waals surface area contributed by atoms with E-state index in [2.05, 4.69) is 25.4 Å². The predicted molar refractivity (Wildman–Crippen MR) is 50.5 cm³/mol. The molecular weight excluding hydrogens is 218 g/mol. The summed E-state index contributed by atoms with van der Waals surface area (Å²) in [5.74, 6) is 0. The Morgan fingerprint density at radius 3 is 2.33 bits per heavy atom. The summed E-state index contributed by atoms with van der Waals surface area (Å²) >= 11 is 0. The average Bonchev–Trinajstić information content (AvgIpc) is 2.69. The van der Waals surface area contributed by atoms with Crippen molar-refractivity contribution in [3.63, 3.8) is 0 Å². The van der Waals surface area contributed by atoms with Gasteiger partial charge in [-0.05, 0) is 0 Å². The second kappa shape index (κ2) is 3.39. The van der Waals surface area contributed by atoms with Crippen LogP contribution in [0.3, 0.4) is 0 Å². The molecular formula is C7H7N5O2S. The van der Waals surface area contributed by atoms with Crippen molar-refractivity contribution in [3.8, 4) is 11.3 Å². The van der Waals surface area contributed by atoms with Gasteiger partial charge in [-0.1, -0.05) is 0 Å². The minimum atomic E-state index is -3.35. The van der Waals surface area contributed by atoms with E-state index in [9.17, 15) is 8.42 Å². The number of aromatic nitrogens is 5. The molecule has 0 aliphatic heterocycles. The standard InChI is InChI=1S/C7H7N5O2S/c1-15(13,14)7-8-2-5(3-9-7)6-4-10-12-11-6/h2-4H,1H3,(H,10,11,12). The van der Waals surface area contributed by atoms with E-state index in [4.69, 9.17) is 0 Å². The third kappa shape index (κ3) is 1.99. The lowest BCUT2D eigenvalue weighted by atomic mass is 10.3. The van der Waals surface area contributed by atoms with Crippen LogP contribution in [0.2, 0.25) is 0 Å². The maximum absolute atomic E-state index is 11.1. The largest absolute Gasteiger partial charge is 0.246 e. The zero-order valence-electron chi connectivity index (χ0n) is 7.75. The molecule has 0 amide bonds. The van der Waals surface area contributed by atoms with Gasteiger partial charge in [0.2, 0.25) is 15.0 Å². The number of sulfone groups is 1. The number of rotatable bonds is 2. The number of aromatic amines is 1. The van der Waals surface area contributed by atoms with Crippen molar-refractivity contribution in [3.05, 3.63) is 18.6 Å². The number of nitrogens with zero attached hydrogens (tertiary/aromatic N) is 4. The van der Waals surface area contributed by atoms with Crippen molar-refractivity contribution in [2.45, 2.75) is 5.16 Å². The number of hydrogen-bond donors (Lipinski definition) is 1.